The first-order valence-electron chi connectivity index (χ1n) is 9.78. The number of aromatic nitrogens is 1. The molecule has 2 aromatic carbocycles. The Kier molecular flexibility index (Phi) is 4.39. The van der Waals surface area contributed by atoms with E-state index in [-0.39, 0.29) is 0 Å². The molecule has 0 radical (unpaired) electrons. The van der Waals surface area contributed by atoms with E-state index in [2.05, 4.69) is 39.5 Å². The highest BCUT2D eigenvalue weighted by molar-refractivity contribution is 5.78. The fourth-order valence-corrected chi connectivity index (χ4v) is 3.74. The Labute approximate surface area is 170 Å². The summed E-state index contributed by atoms with van der Waals surface area (Å²) in [6, 6.07) is 14.3. The van der Waals surface area contributed by atoms with E-state index in [1.54, 1.807) is 0 Å². The van der Waals surface area contributed by atoms with Gasteiger partial charge in [0.1, 0.15) is 13.2 Å². The molecule has 29 heavy (non-hydrogen) atoms. The number of hydrogen-bond acceptors (Lipinski definition) is 6. The lowest BCUT2D eigenvalue weighted by atomic mass is 9.99. The van der Waals surface area contributed by atoms with Crippen LogP contribution in [0.15, 0.2) is 48.7 Å². The summed E-state index contributed by atoms with van der Waals surface area (Å²) >= 11 is 0. The number of benzene rings is 2. The first-order chi connectivity index (χ1) is 14.2. The van der Waals surface area contributed by atoms with Gasteiger partial charge in [0.15, 0.2) is 23.1 Å². The van der Waals surface area contributed by atoms with Gasteiger partial charge < -0.3 is 24.4 Å². The average molecular weight is 389 g/mol. The predicted octanol–water partition coefficient (Wildman–Crippen LogP) is 4.26. The van der Waals surface area contributed by atoms with E-state index in [0.717, 1.165) is 52.0 Å². The topological polar surface area (TPSA) is 55.9 Å². The smallest absolute Gasteiger partial charge is 0.173 e. The molecule has 0 fully saturated rings. The fourth-order valence-electron chi connectivity index (χ4n) is 3.74. The number of ether oxygens (including phenoxy) is 3. The van der Waals surface area contributed by atoms with Crippen molar-refractivity contribution < 1.29 is 14.2 Å². The van der Waals surface area contributed by atoms with Crippen molar-refractivity contribution in [3.8, 4) is 28.4 Å². The predicted molar refractivity (Wildman–Crippen MR) is 114 cm³/mol. The normalized spacial score (nSPS) is 14.1. The summed E-state index contributed by atoms with van der Waals surface area (Å²) in [5, 5.41) is 3.38. The molecule has 6 heteroatoms. The van der Waals surface area contributed by atoms with Crippen molar-refractivity contribution in [1.82, 2.24) is 4.98 Å². The molecule has 0 saturated heterocycles. The lowest BCUT2D eigenvalue weighted by Crippen LogP contribution is -2.15. The summed E-state index contributed by atoms with van der Waals surface area (Å²) < 4.78 is 17.2. The third-order valence-corrected chi connectivity index (χ3v) is 5.21. The van der Waals surface area contributed by atoms with Gasteiger partial charge in [0.05, 0.1) is 6.61 Å². The molecule has 2 aliphatic rings. The third-order valence-electron chi connectivity index (χ3n) is 5.21. The summed E-state index contributed by atoms with van der Waals surface area (Å²) in [5.41, 5.74) is 5.51. The molecule has 0 unspecified atom stereocenters. The Morgan fingerprint density at radius 3 is 2.66 bits per heavy atom. The Balaban J connectivity index is 1.49. The average Bonchev–Trinajstić information content (AvgIpc) is 3.24. The van der Waals surface area contributed by atoms with Crippen molar-refractivity contribution >= 4 is 17.2 Å². The molecule has 3 aromatic rings. The maximum Gasteiger partial charge on any atom is 0.173 e. The number of nitrogens with zero attached hydrogens (tertiary/aromatic N) is 2. The van der Waals surface area contributed by atoms with Gasteiger partial charge in [-0.2, -0.15) is 0 Å². The largest absolute Gasteiger partial charge is 0.489 e. The van der Waals surface area contributed by atoms with E-state index in [4.69, 9.17) is 14.2 Å². The molecular weight excluding hydrogens is 366 g/mol. The van der Waals surface area contributed by atoms with Crippen molar-refractivity contribution in [3.63, 3.8) is 0 Å². The van der Waals surface area contributed by atoms with Gasteiger partial charge in [-0.1, -0.05) is 12.1 Å². The SMILES string of the molecule is CN(C)c1cccc(-c2cnc(Nc3ccc4c(c3)OCCO4)c3c2CCO3)c1. The molecular formula is C23H23N3O3. The fraction of sp³-hybridized carbons (Fsp3) is 0.261. The zero-order chi connectivity index (χ0) is 19.8. The zero-order valence-electron chi connectivity index (χ0n) is 16.6. The van der Waals surface area contributed by atoms with Crippen LogP contribution in [0.25, 0.3) is 11.1 Å². The van der Waals surface area contributed by atoms with Crippen LogP contribution in [0.1, 0.15) is 5.56 Å². The van der Waals surface area contributed by atoms with Crippen molar-refractivity contribution in [2.75, 3.05) is 44.1 Å². The molecule has 2 aliphatic heterocycles. The third kappa shape index (κ3) is 3.31. The molecule has 0 spiro atoms. The molecule has 0 amide bonds. The maximum absolute atomic E-state index is 5.96. The Bertz CT molecular complexity index is 1070. The first-order valence-corrected chi connectivity index (χ1v) is 9.78. The second-order valence-corrected chi connectivity index (χ2v) is 7.35. The Hall–Kier alpha value is -3.41. The van der Waals surface area contributed by atoms with Gasteiger partial charge in [0.25, 0.3) is 0 Å². The van der Waals surface area contributed by atoms with Crippen LogP contribution in [0.3, 0.4) is 0 Å². The van der Waals surface area contributed by atoms with E-state index < -0.39 is 0 Å². The van der Waals surface area contributed by atoms with Gasteiger partial charge in [0, 0.05) is 55.3 Å². The molecule has 0 saturated carbocycles. The minimum atomic E-state index is 0.563. The van der Waals surface area contributed by atoms with Crippen molar-refractivity contribution in [2.45, 2.75) is 6.42 Å². The minimum absolute atomic E-state index is 0.563. The highest BCUT2D eigenvalue weighted by Gasteiger charge is 2.23. The minimum Gasteiger partial charge on any atom is -0.489 e. The molecule has 6 nitrogen and oxygen atoms in total. The molecule has 148 valence electrons. The maximum atomic E-state index is 5.96. The lowest BCUT2D eigenvalue weighted by molar-refractivity contribution is 0.171. The Morgan fingerprint density at radius 1 is 0.931 bits per heavy atom. The van der Waals surface area contributed by atoms with Gasteiger partial charge in [0.2, 0.25) is 0 Å². The van der Waals surface area contributed by atoms with Gasteiger partial charge in [-0.15, -0.1) is 0 Å². The van der Waals surface area contributed by atoms with E-state index >= 15 is 0 Å². The number of fused-ring (bicyclic) bond motifs is 2. The van der Waals surface area contributed by atoms with E-state index in [1.165, 1.54) is 5.56 Å². The summed E-state index contributed by atoms with van der Waals surface area (Å²) in [6.07, 6.45) is 2.80. The number of pyridine rings is 1. The highest BCUT2D eigenvalue weighted by atomic mass is 16.6. The van der Waals surface area contributed by atoms with Gasteiger partial charge in [-0.25, -0.2) is 4.98 Å². The van der Waals surface area contributed by atoms with Crippen molar-refractivity contribution in [2.24, 2.45) is 0 Å². The molecule has 5 rings (SSSR count). The van der Waals surface area contributed by atoms with Crippen LogP contribution in [-0.2, 0) is 6.42 Å². The van der Waals surface area contributed by atoms with Crippen LogP contribution >= 0.6 is 0 Å². The Morgan fingerprint density at radius 2 is 1.79 bits per heavy atom. The van der Waals surface area contributed by atoms with E-state index in [9.17, 15) is 0 Å². The van der Waals surface area contributed by atoms with Crippen molar-refractivity contribution in [3.05, 3.63) is 54.2 Å². The molecule has 0 atom stereocenters. The molecule has 0 aliphatic carbocycles. The zero-order valence-corrected chi connectivity index (χ0v) is 16.6. The second-order valence-electron chi connectivity index (χ2n) is 7.35. The number of nitrogens with one attached hydrogen (secondary N) is 1. The molecule has 3 heterocycles. The van der Waals surface area contributed by atoms with Gasteiger partial charge in [-0.05, 0) is 29.8 Å². The summed E-state index contributed by atoms with van der Waals surface area (Å²) in [7, 11) is 4.09. The monoisotopic (exact) mass is 389 g/mol. The van der Waals surface area contributed by atoms with Crippen LogP contribution in [-0.4, -0.2) is 38.9 Å². The van der Waals surface area contributed by atoms with Gasteiger partial charge >= 0.3 is 0 Å². The van der Waals surface area contributed by atoms with Crippen LogP contribution in [0.4, 0.5) is 17.2 Å². The summed E-state index contributed by atoms with van der Waals surface area (Å²) in [5.74, 6) is 3.07. The van der Waals surface area contributed by atoms with Crippen LogP contribution in [0, 0.1) is 0 Å². The lowest BCUT2D eigenvalue weighted by Gasteiger charge is -2.19. The first kappa shape index (κ1) is 17.7. The number of rotatable bonds is 4. The molecule has 1 aromatic heterocycles. The van der Waals surface area contributed by atoms with Crippen molar-refractivity contribution in [1.29, 1.82) is 0 Å². The van der Waals surface area contributed by atoms with Crippen LogP contribution in [0.2, 0.25) is 0 Å². The molecule has 1 N–H and O–H groups in total. The number of anilines is 3. The summed E-state index contributed by atoms with van der Waals surface area (Å²) in [6.45, 7) is 1.81. The summed E-state index contributed by atoms with van der Waals surface area (Å²) in [4.78, 5) is 6.79. The van der Waals surface area contributed by atoms with E-state index in [0.29, 0.717) is 19.8 Å². The highest BCUT2D eigenvalue weighted by Crippen LogP contribution is 2.41. The van der Waals surface area contributed by atoms with Gasteiger partial charge in [-0.3, -0.25) is 0 Å². The van der Waals surface area contributed by atoms with Crippen LogP contribution in [0.5, 0.6) is 17.2 Å². The van der Waals surface area contributed by atoms with Crippen LogP contribution < -0.4 is 24.4 Å². The van der Waals surface area contributed by atoms with E-state index in [1.807, 2.05) is 38.5 Å². The quantitative estimate of drug-likeness (QED) is 0.719. The molecule has 0 bridgehead atoms. The number of hydrogen-bond donors (Lipinski definition) is 1. The standard InChI is InChI=1S/C23H23N3O3/c1-26(2)17-5-3-4-15(12-17)19-14-24-23(22-18(19)8-9-29-22)25-16-6-7-20-21(13-16)28-11-10-27-20/h3-7,12-14H,8-11H2,1-2H3,(H,24,25). The second kappa shape index (κ2) is 7.20.